The Bertz CT molecular complexity index is 1370. The Morgan fingerprint density at radius 2 is 1.34 bits per heavy atom. The van der Waals surface area contributed by atoms with Crippen molar-refractivity contribution in [1.29, 1.82) is 0 Å². The Morgan fingerprint density at radius 1 is 0.763 bits per heavy atom. The first-order valence-corrected chi connectivity index (χ1v) is 13.1. The number of para-hydroxylation sites is 1. The van der Waals surface area contributed by atoms with E-state index in [9.17, 15) is 14.7 Å². The van der Waals surface area contributed by atoms with Crippen LogP contribution >= 0.6 is 0 Å². The van der Waals surface area contributed by atoms with Gasteiger partial charge in [-0.25, -0.2) is 9.96 Å². The van der Waals surface area contributed by atoms with E-state index in [2.05, 4.69) is 41.5 Å². The molecule has 38 heavy (non-hydrogen) atoms. The molecule has 2 aliphatic rings. The number of phenols is 1. The van der Waals surface area contributed by atoms with Gasteiger partial charge in [0, 0.05) is 0 Å². The average molecular weight is 513 g/mol. The van der Waals surface area contributed by atoms with E-state index in [0.29, 0.717) is 5.69 Å². The fourth-order valence-electron chi connectivity index (χ4n) is 5.54. The maximum Gasteiger partial charge on any atom is 0.266 e. The zero-order chi connectivity index (χ0) is 27.6. The highest BCUT2D eigenvalue weighted by molar-refractivity contribution is 6.24. The van der Waals surface area contributed by atoms with Crippen LogP contribution in [0.15, 0.2) is 66.7 Å². The lowest BCUT2D eigenvalue weighted by Gasteiger charge is -2.33. The van der Waals surface area contributed by atoms with Gasteiger partial charge in [-0.05, 0) is 76.4 Å². The van der Waals surface area contributed by atoms with Crippen LogP contribution < -0.4 is 9.96 Å². The quantitative estimate of drug-likeness (QED) is 0.414. The number of rotatable bonds is 3. The van der Waals surface area contributed by atoms with Gasteiger partial charge in [0.1, 0.15) is 11.7 Å². The van der Waals surface area contributed by atoms with E-state index < -0.39 is 18.1 Å². The van der Waals surface area contributed by atoms with Crippen LogP contribution in [0.1, 0.15) is 69.8 Å². The summed E-state index contributed by atoms with van der Waals surface area (Å²) < 4.78 is 0. The number of phenolic OH excluding ortho intramolecular Hbond substituents is 1. The molecule has 2 heterocycles. The lowest BCUT2D eigenvalue weighted by molar-refractivity contribution is -0.126. The number of aryl methyl sites for hydroxylation is 1. The zero-order valence-electron chi connectivity index (χ0n) is 23.1. The summed E-state index contributed by atoms with van der Waals surface area (Å²) in [6, 6.07) is 20.4. The molecule has 0 aromatic heterocycles. The summed E-state index contributed by atoms with van der Waals surface area (Å²) in [6.45, 7) is 14.3. The molecule has 5 rings (SSSR count). The van der Waals surface area contributed by atoms with Gasteiger partial charge in [0.15, 0.2) is 6.10 Å². The van der Waals surface area contributed by atoms with Gasteiger partial charge in [0.25, 0.3) is 5.91 Å². The molecule has 6 nitrogen and oxygen atoms in total. The van der Waals surface area contributed by atoms with Crippen LogP contribution in [0.4, 0.5) is 11.4 Å². The maximum absolute atomic E-state index is 14.0. The number of hydroxylamine groups is 1. The van der Waals surface area contributed by atoms with Crippen molar-refractivity contribution in [2.45, 2.75) is 71.4 Å². The SMILES string of the molecule is Cc1cccc(N2C(=O)[C@@H]3[C@H](ON(c4ccccc4)[C@H]3c3cc(C(C)(C)C)c(O)c(C(C)(C)C)c3)C2=O)c1. The Kier molecular flexibility index (Phi) is 6.14. The average Bonchev–Trinajstić information content (AvgIpc) is 3.34. The smallest absolute Gasteiger partial charge is 0.266 e. The number of carbonyl (C=O) groups excluding carboxylic acids is 2. The van der Waals surface area contributed by atoms with Crippen molar-refractivity contribution in [1.82, 2.24) is 0 Å². The summed E-state index contributed by atoms with van der Waals surface area (Å²) in [5.74, 6) is -1.12. The van der Waals surface area contributed by atoms with Gasteiger partial charge in [0.2, 0.25) is 5.91 Å². The van der Waals surface area contributed by atoms with E-state index in [4.69, 9.17) is 4.84 Å². The Hall–Kier alpha value is -3.64. The molecule has 0 radical (unpaired) electrons. The van der Waals surface area contributed by atoms with E-state index in [1.54, 1.807) is 11.1 Å². The standard InChI is InChI=1S/C32H36N2O4/c1-19-12-11-15-22(16-19)33-29(36)25-26(34(38-28(25)30(33)37)21-13-9-8-10-14-21)20-17-23(31(2,3)4)27(35)24(18-20)32(5,6)7/h8-18,25-26,28,35H,1-7H3/t25-,26-,28-/m0/s1. The number of amides is 2. The minimum absolute atomic E-state index is 0.269. The second-order valence-electron chi connectivity index (χ2n) is 12.5. The first kappa shape index (κ1) is 26.0. The number of anilines is 2. The molecule has 2 saturated heterocycles. The molecule has 2 aliphatic heterocycles. The van der Waals surface area contributed by atoms with E-state index in [-0.39, 0.29) is 28.4 Å². The minimum Gasteiger partial charge on any atom is -0.507 e. The van der Waals surface area contributed by atoms with Gasteiger partial charge in [-0.3, -0.25) is 14.4 Å². The predicted octanol–water partition coefficient (Wildman–Crippen LogP) is 6.35. The van der Waals surface area contributed by atoms with Crippen LogP contribution in [0.25, 0.3) is 0 Å². The third kappa shape index (κ3) is 4.27. The molecular formula is C32H36N2O4. The number of fused-ring (bicyclic) bond motifs is 1. The Labute approximate surface area is 224 Å². The topological polar surface area (TPSA) is 70.1 Å². The van der Waals surface area contributed by atoms with Crippen molar-refractivity contribution in [3.63, 3.8) is 0 Å². The molecule has 0 saturated carbocycles. The van der Waals surface area contributed by atoms with Crippen molar-refractivity contribution in [3.05, 3.63) is 89.0 Å². The molecule has 0 bridgehead atoms. The number of imide groups is 1. The highest BCUT2D eigenvalue weighted by atomic mass is 16.7. The predicted molar refractivity (Wildman–Crippen MR) is 149 cm³/mol. The molecular weight excluding hydrogens is 476 g/mol. The van der Waals surface area contributed by atoms with Gasteiger partial charge < -0.3 is 5.11 Å². The summed E-state index contributed by atoms with van der Waals surface area (Å²) in [5, 5.41) is 13.0. The highest BCUT2D eigenvalue weighted by Gasteiger charge is 2.60. The Morgan fingerprint density at radius 3 is 1.89 bits per heavy atom. The van der Waals surface area contributed by atoms with Crippen LogP contribution in [0.5, 0.6) is 5.75 Å². The first-order chi connectivity index (χ1) is 17.8. The van der Waals surface area contributed by atoms with E-state index in [1.807, 2.05) is 67.6 Å². The van der Waals surface area contributed by atoms with Crippen molar-refractivity contribution < 1.29 is 19.5 Å². The van der Waals surface area contributed by atoms with Crippen molar-refractivity contribution in [2.75, 3.05) is 9.96 Å². The summed E-state index contributed by atoms with van der Waals surface area (Å²) >= 11 is 0. The normalized spacial score (nSPS) is 21.8. The van der Waals surface area contributed by atoms with Gasteiger partial charge in [-0.1, -0.05) is 71.9 Å². The van der Waals surface area contributed by atoms with Crippen LogP contribution in [0, 0.1) is 12.8 Å². The number of benzene rings is 3. The molecule has 0 aliphatic carbocycles. The fraction of sp³-hybridized carbons (Fsp3) is 0.375. The van der Waals surface area contributed by atoms with Crippen molar-refractivity contribution in [3.8, 4) is 5.75 Å². The van der Waals surface area contributed by atoms with Gasteiger partial charge in [-0.2, -0.15) is 0 Å². The lowest BCUT2D eigenvalue weighted by Crippen LogP contribution is -2.37. The maximum atomic E-state index is 14.0. The van der Waals surface area contributed by atoms with E-state index in [0.717, 1.165) is 27.9 Å². The third-order valence-corrected chi connectivity index (χ3v) is 7.48. The van der Waals surface area contributed by atoms with Crippen molar-refractivity contribution in [2.24, 2.45) is 5.92 Å². The first-order valence-electron chi connectivity index (χ1n) is 13.1. The number of hydrogen-bond acceptors (Lipinski definition) is 5. The molecule has 3 aromatic rings. The number of aromatic hydroxyl groups is 1. The summed E-state index contributed by atoms with van der Waals surface area (Å²) in [7, 11) is 0. The van der Waals surface area contributed by atoms with Crippen LogP contribution in [-0.4, -0.2) is 23.0 Å². The molecule has 198 valence electrons. The number of nitrogens with zero attached hydrogens (tertiary/aromatic N) is 2. The molecule has 2 amide bonds. The summed E-state index contributed by atoms with van der Waals surface area (Å²) in [4.78, 5) is 35.3. The van der Waals surface area contributed by atoms with Crippen LogP contribution in [0.3, 0.4) is 0 Å². The Balaban J connectivity index is 1.70. The summed E-state index contributed by atoms with van der Waals surface area (Å²) in [5.41, 5.74) is 4.01. The summed E-state index contributed by atoms with van der Waals surface area (Å²) in [6.07, 6.45) is -0.946. The zero-order valence-corrected chi connectivity index (χ0v) is 23.1. The molecule has 2 fully saturated rings. The molecule has 3 aromatic carbocycles. The molecule has 3 atom stereocenters. The minimum atomic E-state index is -0.946. The largest absolute Gasteiger partial charge is 0.507 e. The molecule has 0 unspecified atom stereocenters. The molecule has 6 heteroatoms. The number of carbonyl (C=O) groups is 2. The monoisotopic (exact) mass is 512 g/mol. The molecule has 0 spiro atoms. The number of hydrogen-bond donors (Lipinski definition) is 1. The van der Waals surface area contributed by atoms with Gasteiger partial charge in [-0.15, -0.1) is 0 Å². The van der Waals surface area contributed by atoms with Gasteiger partial charge >= 0.3 is 0 Å². The lowest BCUT2D eigenvalue weighted by atomic mass is 9.76. The van der Waals surface area contributed by atoms with Crippen molar-refractivity contribution >= 4 is 23.2 Å². The van der Waals surface area contributed by atoms with E-state index >= 15 is 0 Å². The second kappa shape index (κ2) is 8.98. The second-order valence-corrected chi connectivity index (χ2v) is 12.5. The van der Waals surface area contributed by atoms with Crippen LogP contribution in [0.2, 0.25) is 0 Å². The van der Waals surface area contributed by atoms with Crippen LogP contribution in [-0.2, 0) is 25.3 Å². The van der Waals surface area contributed by atoms with Gasteiger partial charge in [0.05, 0.1) is 17.4 Å². The third-order valence-electron chi connectivity index (χ3n) is 7.48. The highest BCUT2D eigenvalue weighted by Crippen LogP contribution is 2.50. The molecule has 1 N–H and O–H groups in total. The van der Waals surface area contributed by atoms with E-state index in [1.165, 1.54) is 4.90 Å². The fourth-order valence-corrected chi connectivity index (χ4v) is 5.54.